The molecule has 1 atom stereocenters. The number of carbonyl (C=O) groups excluding carboxylic acids is 1. The van der Waals surface area contributed by atoms with Gasteiger partial charge in [0.1, 0.15) is 0 Å². The maximum Gasteiger partial charge on any atom is 0.224 e. The van der Waals surface area contributed by atoms with Crippen LogP contribution in [-0.2, 0) is 11.2 Å². The second kappa shape index (κ2) is 7.41. The molecule has 0 fully saturated rings. The standard InChI is InChI=1S/C16H24FNO3/c1-11(2)9-16(3,20)10-18-15(19)8-12-5-6-14(21-4)13(17)7-12/h5-7,11,20H,8-10H2,1-4H3,(H,18,19). The molecule has 0 saturated carbocycles. The molecule has 0 radical (unpaired) electrons. The van der Waals surface area contributed by atoms with Gasteiger partial charge in [-0.05, 0) is 37.0 Å². The molecule has 0 bridgehead atoms. The Morgan fingerprint density at radius 2 is 2.14 bits per heavy atom. The van der Waals surface area contributed by atoms with Crippen LogP contribution in [0.3, 0.4) is 0 Å². The highest BCUT2D eigenvalue weighted by Gasteiger charge is 2.22. The third-order valence-electron chi connectivity index (χ3n) is 3.10. The smallest absolute Gasteiger partial charge is 0.224 e. The minimum Gasteiger partial charge on any atom is -0.494 e. The molecule has 0 saturated heterocycles. The van der Waals surface area contributed by atoms with Gasteiger partial charge in [0.15, 0.2) is 11.6 Å². The molecule has 4 nitrogen and oxygen atoms in total. The van der Waals surface area contributed by atoms with Crippen molar-refractivity contribution >= 4 is 5.91 Å². The van der Waals surface area contributed by atoms with Gasteiger partial charge in [0.2, 0.25) is 5.91 Å². The van der Waals surface area contributed by atoms with E-state index in [0.717, 1.165) is 0 Å². The van der Waals surface area contributed by atoms with Gasteiger partial charge in [0, 0.05) is 6.54 Å². The van der Waals surface area contributed by atoms with Crippen molar-refractivity contribution in [3.8, 4) is 5.75 Å². The minimum absolute atomic E-state index is 0.0681. The summed E-state index contributed by atoms with van der Waals surface area (Å²) >= 11 is 0. The summed E-state index contributed by atoms with van der Waals surface area (Å²) in [4.78, 5) is 11.8. The van der Waals surface area contributed by atoms with Crippen molar-refractivity contribution < 1.29 is 19.0 Å². The summed E-state index contributed by atoms with van der Waals surface area (Å²) in [6, 6.07) is 4.42. The zero-order valence-corrected chi connectivity index (χ0v) is 13.1. The second-order valence-corrected chi connectivity index (χ2v) is 6.02. The maximum atomic E-state index is 13.5. The number of carbonyl (C=O) groups is 1. The number of benzene rings is 1. The predicted molar refractivity (Wildman–Crippen MR) is 79.7 cm³/mol. The van der Waals surface area contributed by atoms with Crippen LogP contribution in [0.2, 0.25) is 0 Å². The molecule has 1 aromatic carbocycles. The summed E-state index contributed by atoms with van der Waals surface area (Å²) in [6.07, 6.45) is 0.670. The lowest BCUT2D eigenvalue weighted by molar-refractivity contribution is -0.121. The van der Waals surface area contributed by atoms with E-state index in [1.54, 1.807) is 13.0 Å². The molecule has 1 rings (SSSR count). The van der Waals surface area contributed by atoms with Crippen LogP contribution in [0.5, 0.6) is 5.75 Å². The monoisotopic (exact) mass is 297 g/mol. The molecule has 0 aromatic heterocycles. The maximum absolute atomic E-state index is 13.5. The van der Waals surface area contributed by atoms with E-state index in [4.69, 9.17) is 4.74 Å². The average Bonchev–Trinajstić information content (AvgIpc) is 2.35. The summed E-state index contributed by atoms with van der Waals surface area (Å²) in [7, 11) is 1.39. The molecule has 1 amide bonds. The Morgan fingerprint density at radius 1 is 1.48 bits per heavy atom. The zero-order chi connectivity index (χ0) is 16.0. The van der Waals surface area contributed by atoms with E-state index in [9.17, 15) is 14.3 Å². The fraction of sp³-hybridized carbons (Fsp3) is 0.562. The summed E-state index contributed by atoms with van der Waals surface area (Å²) in [5.41, 5.74) is -0.371. The summed E-state index contributed by atoms with van der Waals surface area (Å²) in [5, 5.41) is 12.8. The quantitative estimate of drug-likeness (QED) is 0.812. The molecule has 0 aliphatic heterocycles. The molecule has 1 unspecified atom stereocenters. The molecular weight excluding hydrogens is 273 g/mol. The van der Waals surface area contributed by atoms with Crippen molar-refractivity contribution in [2.24, 2.45) is 5.92 Å². The number of hydrogen-bond acceptors (Lipinski definition) is 3. The van der Waals surface area contributed by atoms with Gasteiger partial charge in [0.05, 0.1) is 19.1 Å². The van der Waals surface area contributed by atoms with Crippen LogP contribution in [0.1, 0.15) is 32.8 Å². The van der Waals surface area contributed by atoms with Gasteiger partial charge in [-0.2, -0.15) is 0 Å². The van der Waals surface area contributed by atoms with Gasteiger partial charge < -0.3 is 15.2 Å². The number of nitrogens with one attached hydrogen (secondary N) is 1. The Labute approximate surface area is 125 Å². The van der Waals surface area contributed by atoms with E-state index in [2.05, 4.69) is 5.32 Å². The Bertz CT molecular complexity index is 486. The third-order valence-corrected chi connectivity index (χ3v) is 3.10. The topological polar surface area (TPSA) is 58.6 Å². The highest BCUT2D eigenvalue weighted by Crippen LogP contribution is 2.18. The van der Waals surface area contributed by atoms with Gasteiger partial charge in [-0.25, -0.2) is 4.39 Å². The molecular formula is C16H24FNO3. The lowest BCUT2D eigenvalue weighted by Crippen LogP contribution is -2.42. The molecule has 1 aromatic rings. The SMILES string of the molecule is COc1ccc(CC(=O)NCC(C)(O)CC(C)C)cc1F. The largest absolute Gasteiger partial charge is 0.494 e. The number of rotatable bonds is 7. The number of halogens is 1. The van der Waals surface area contributed by atoms with E-state index in [-0.39, 0.29) is 24.6 Å². The van der Waals surface area contributed by atoms with Crippen molar-refractivity contribution in [3.63, 3.8) is 0 Å². The number of methoxy groups -OCH3 is 1. The van der Waals surface area contributed by atoms with E-state index in [0.29, 0.717) is 17.9 Å². The predicted octanol–water partition coefficient (Wildman–Crippen LogP) is 2.29. The van der Waals surface area contributed by atoms with Crippen molar-refractivity contribution in [2.75, 3.05) is 13.7 Å². The van der Waals surface area contributed by atoms with Crippen LogP contribution < -0.4 is 10.1 Å². The lowest BCUT2D eigenvalue weighted by atomic mass is 9.94. The van der Waals surface area contributed by atoms with E-state index in [1.165, 1.54) is 19.2 Å². The molecule has 0 spiro atoms. The number of aliphatic hydroxyl groups is 1. The summed E-state index contributed by atoms with van der Waals surface area (Å²) < 4.78 is 18.3. The lowest BCUT2D eigenvalue weighted by Gasteiger charge is -2.25. The first-order valence-electron chi connectivity index (χ1n) is 7.05. The second-order valence-electron chi connectivity index (χ2n) is 6.02. The van der Waals surface area contributed by atoms with Crippen LogP contribution in [-0.4, -0.2) is 30.3 Å². The Balaban J connectivity index is 2.52. The first-order chi connectivity index (χ1) is 9.73. The van der Waals surface area contributed by atoms with E-state index >= 15 is 0 Å². The first kappa shape index (κ1) is 17.4. The van der Waals surface area contributed by atoms with Gasteiger partial charge in [0.25, 0.3) is 0 Å². The molecule has 2 N–H and O–H groups in total. The Hall–Kier alpha value is -1.62. The Kier molecular flexibility index (Phi) is 6.15. The summed E-state index contributed by atoms with van der Waals surface area (Å²) in [6.45, 7) is 5.90. The van der Waals surface area contributed by atoms with Gasteiger partial charge in [-0.15, -0.1) is 0 Å². The Morgan fingerprint density at radius 3 is 2.67 bits per heavy atom. The average molecular weight is 297 g/mol. The highest BCUT2D eigenvalue weighted by molar-refractivity contribution is 5.78. The van der Waals surface area contributed by atoms with Crippen LogP contribution in [0.4, 0.5) is 4.39 Å². The van der Waals surface area contributed by atoms with Crippen LogP contribution in [0, 0.1) is 11.7 Å². The van der Waals surface area contributed by atoms with E-state index < -0.39 is 11.4 Å². The first-order valence-corrected chi connectivity index (χ1v) is 7.05. The molecule has 118 valence electrons. The molecule has 0 heterocycles. The van der Waals surface area contributed by atoms with Crippen molar-refractivity contribution in [3.05, 3.63) is 29.6 Å². The van der Waals surface area contributed by atoms with Crippen LogP contribution in [0.15, 0.2) is 18.2 Å². The van der Waals surface area contributed by atoms with Gasteiger partial charge in [-0.1, -0.05) is 19.9 Å². The van der Waals surface area contributed by atoms with Crippen LogP contribution >= 0.6 is 0 Å². The fourth-order valence-corrected chi connectivity index (χ4v) is 2.31. The van der Waals surface area contributed by atoms with Crippen molar-refractivity contribution in [2.45, 2.75) is 39.2 Å². The fourth-order valence-electron chi connectivity index (χ4n) is 2.31. The third kappa shape index (κ3) is 6.12. The summed E-state index contributed by atoms with van der Waals surface area (Å²) in [5.74, 6) is -0.246. The normalized spacial score (nSPS) is 13.9. The van der Waals surface area contributed by atoms with Gasteiger partial charge >= 0.3 is 0 Å². The molecule has 0 aliphatic carbocycles. The van der Waals surface area contributed by atoms with Crippen LogP contribution in [0.25, 0.3) is 0 Å². The molecule has 21 heavy (non-hydrogen) atoms. The van der Waals surface area contributed by atoms with Crippen molar-refractivity contribution in [1.29, 1.82) is 0 Å². The number of amides is 1. The van der Waals surface area contributed by atoms with Crippen molar-refractivity contribution in [1.82, 2.24) is 5.32 Å². The number of hydrogen-bond donors (Lipinski definition) is 2. The van der Waals surface area contributed by atoms with E-state index in [1.807, 2.05) is 13.8 Å². The van der Waals surface area contributed by atoms with Gasteiger partial charge in [-0.3, -0.25) is 4.79 Å². The minimum atomic E-state index is -0.936. The molecule has 0 aliphatic rings. The highest BCUT2D eigenvalue weighted by atomic mass is 19.1. The zero-order valence-electron chi connectivity index (χ0n) is 13.1. The number of ether oxygens (including phenoxy) is 1. The molecule has 5 heteroatoms.